The Bertz CT molecular complexity index is 3460. The number of furan rings is 1. The molecule has 9 aromatic carbocycles. The number of nitrogens with zero attached hydrogens (tertiary/aromatic N) is 1. The highest BCUT2D eigenvalue weighted by molar-refractivity contribution is 7.26. The lowest BCUT2D eigenvalue weighted by atomic mass is 9.82. The Morgan fingerprint density at radius 3 is 1.85 bits per heavy atom. The molecule has 0 unspecified atom stereocenters. The molecule has 3 heteroatoms. The summed E-state index contributed by atoms with van der Waals surface area (Å²) in [7, 11) is 0. The molecular weight excluding hydrogens is 747 g/mol. The first-order chi connectivity index (χ1) is 29.5. The van der Waals surface area contributed by atoms with Gasteiger partial charge in [0.1, 0.15) is 11.2 Å². The molecule has 2 heterocycles. The zero-order valence-electron chi connectivity index (χ0n) is 33.3. The second-order valence-corrected chi connectivity index (χ2v) is 17.5. The molecule has 12 rings (SSSR count). The summed E-state index contributed by atoms with van der Waals surface area (Å²) in [6.07, 6.45) is 0. The molecular formula is C57H39NOS. The van der Waals surface area contributed by atoms with Gasteiger partial charge in [-0.15, -0.1) is 11.3 Å². The molecule has 0 N–H and O–H groups in total. The van der Waals surface area contributed by atoms with Crippen molar-refractivity contribution in [3.05, 3.63) is 211 Å². The molecule has 1 aliphatic rings. The predicted octanol–water partition coefficient (Wildman–Crippen LogP) is 16.7. The van der Waals surface area contributed by atoms with Crippen molar-refractivity contribution in [3.8, 4) is 44.5 Å². The Labute approximate surface area is 353 Å². The number of rotatable bonds is 6. The van der Waals surface area contributed by atoms with Gasteiger partial charge < -0.3 is 9.32 Å². The zero-order chi connectivity index (χ0) is 40.0. The summed E-state index contributed by atoms with van der Waals surface area (Å²) in [6.45, 7) is 4.70. The fourth-order valence-corrected chi connectivity index (χ4v) is 10.9. The topological polar surface area (TPSA) is 16.4 Å². The maximum atomic E-state index is 6.47. The van der Waals surface area contributed by atoms with E-state index in [1.807, 2.05) is 17.4 Å². The Hall–Kier alpha value is -7.20. The van der Waals surface area contributed by atoms with Gasteiger partial charge in [-0.05, 0) is 110 Å². The third-order valence-electron chi connectivity index (χ3n) is 12.7. The fourth-order valence-electron chi connectivity index (χ4n) is 9.83. The standard InChI is InChI=1S/C57H39NOS/c1-57(2)49-21-11-8-17-43(49)44-30-28-39(34-50(44)57)58(40-29-31-46-45-18-9-12-22-51(45)59-52(46)35-40)38-26-24-37(25-27-38)42-32-33-54-56(48-20-10-13-23-53(48)60-54)55(42)47-19-7-6-16-41(47)36-14-4-3-5-15-36/h3-35H,1-2H3. The van der Waals surface area contributed by atoms with Crippen LogP contribution in [0.3, 0.4) is 0 Å². The lowest BCUT2D eigenvalue weighted by Gasteiger charge is -2.28. The second-order valence-electron chi connectivity index (χ2n) is 16.4. The van der Waals surface area contributed by atoms with Crippen LogP contribution in [0.4, 0.5) is 17.1 Å². The molecule has 0 atom stereocenters. The zero-order valence-corrected chi connectivity index (χ0v) is 34.1. The SMILES string of the molecule is CC1(C)c2ccccc2-c2ccc(N(c3ccc(-c4ccc5sc6ccccc6c5c4-c4ccccc4-c4ccccc4)cc3)c3ccc4c(c3)oc3ccccc34)cc21. The average molecular weight is 786 g/mol. The maximum absolute atomic E-state index is 6.47. The van der Waals surface area contributed by atoms with Crippen LogP contribution in [-0.2, 0) is 5.41 Å². The molecule has 2 aromatic heterocycles. The molecule has 0 spiro atoms. The molecule has 0 amide bonds. The Morgan fingerprint density at radius 1 is 0.400 bits per heavy atom. The summed E-state index contributed by atoms with van der Waals surface area (Å²) in [5.41, 5.74) is 17.6. The summed E-state index contributed by atoms with van der Waals surface area (Å²) in [5.74, 6) is 0. The Morgan fingerprint density at radius 2 is 1.00 bits per heavy atom. The summed E-state index contributed by atoms with van der Waals surface area (Å²) in [5, 5.41) is 4.85. The molecule has 2 nitrogen and oxygen atoms in total. The van der Waals surface area contributed by atoms with Gasteiger partial charge in [-0.1, -0.05) is 153 Å². The van der Waals surface area contributed by atoms with Gasteiger partial charge in [0.25, 0.3) is 0 Å². The van der Waals surface area contributed by atoms with Crippen LogP contribution in [0.15, 0.2) is 205 Å². The Kier molecular flexibility index (Phi) is 7.79. The maximum Gasteiger partial charge on any atom is 0.137 e. The van der Waals surface area contributed by atoms with E-state index in [1.165, 1.54) is 75.8 Å². The molecule has 284 valence electrons. The molecule has 1 aliphatic carbocycles. The minimum Gasteiger partial charge on any atom is -0.456 e. The van der Waals surface area contributed by atoms with Crippen molar-refractivity contribution in [1.82, 2.24) is 0 Å². The van der Waals surface area contributed by atoms with Gasteiger partial charge in [0, 0.05) is 59.5 Å². The predicted molar refractivity (Wildman–Crippen MR) is 255 cm³/mol. The normalized spacial score (nSPS) is 13.0. The van der Waals surface area contributed by atoms with Gasteiger partial charge in [-0.2, -0.15) is 0 Å². The number of fused-ring (bicyclic) bond motifs is 9. The van der Waals surface area contributed by atoms with E-state index in [4.69, 9.17) is 4.42 Å². The van der Waals surface area contributed by atoms with Crippen molar-refractivity contribution in [1.29, 1.82) is 0 Å². The number of thiophene rings is 1. The molecule has 60 heavy (non-hydrogen) atoms. The quantitative estimate of drug-likeness (QED) is 0.167. The number of para-hydroxylation sites is 1. The largest absolute Gasteiger partial charge is 0.456 e. The van der Waals surface area contributed by atoms with E-state index in [0.29, 0.717) is 0 Å². The molecule has 0 saturated heterocycles. The third kappa shape index (κ3) is 5.33. The molecule has 11 aromatic rings. The van der Waals surface area contributed by atoms with Crippen LogP contribution >= 0.6 is 11.3 Å². The van der Waals surface area contributed by atoms with Crippen LogP contribution in [0.2, 0.25) is 0 Å². The van der Waals surface area contributed by atoms with Gasteiger partial charge >= 0.3 is 0 Å². The van der Waals surface area contributed by atoms with E-state index >= 15 is 0 Å². The third-order valence-corrected chi connectivity index (χ3v) is 13.8. The van der Waals surface area contributed by atoms with E-state index in [1.54, 1.807) is 0 Å². The van der Waals surface area contributed by atoms with Crippen molar-refractivity contribution in [2.45, 2.75) is 19.3 Å². The first-order valence-electron chi connectivity index (χ1n) is 20.7. The van der Waals surface area contributed by atoms with Crippen LogP contribution in [0.5, 0.6) is 0 Å². The van der Waals surface area contributed by atoms with Crippen molar-refractivity contribution >= 4 is 70.5 Å². The van der Waals surface area contributed by atoms with Crippen LogP contribution in [0, 0.1) is 0 Å². The van der Waals surface area contributed by atoms with Crippen LogP contribution < -0.4 is 4.90 Å². The fraction of sp³-hybridized carbons (Fsp3) is 0.0526. The highest BCUT2D eigenvalue weighted by atomic mass is 32.1. The van der Waals surface area contributed by atoms with E-state index in [0.717, 1.165) is 39.0 Å². The number of hydrogen-bond donors (Lipinski definition) is 0. The van der Waals surface area contributed by atoms with Crippen LogP contribution in [0.25, 0.3) is 86.6 Å². The smallest absolute Gasteiger partial charge is 0.137 e. The summed E-state index contributed by atoms with van der Waals surface area (Å²) < 4.78 is 9.07. The molecule has 0 fully saturated rings. The molecule has 0 aliphatic heterocycles. The van der Waals surface area contributed by atoms with Gasteiger partial charge in [-0.3, -0.25) is 0 Å². The number of anilines is 3. The minimum absolute atomic E-state index is 0.128. The molecule has 0 saturated carbocycles. The second kappa shape index (κ2) is 13.4. The molecule has 0 radical (unpaired) electrons. The van der Waals surface area contributed by atoms with Crippen LogP contribution in [0.1, 0.15) is 25.0 Å². The highest BCUT2D eigenvalue weighted by Gasteiger charge is 2.36. The van der Waals surface area contributed by atoms with E-state index in [9.17, 15) is 0 Å². The number of benzene rings is 9. The molecule has 0 bridgehead atoms. The minimum atomic E-state index is -0.128. The van der Waals surface area contributed by atoms with Crippen LogP contribution in [-0.4, -0.2) is 0 Å². The van der Waals surface area contributed by atoms with E-state index in [-0.39, 0.29) is 5.41 Å². The summed E-state index contributed by atoms with van der Waals surface area (Å²) >= 11 is 1.87. The summed E-state index contributed by atoms with van der Waals surface area (Å²) in [6, 6.07) is 73.1. The van der Waals surface area contributed by atoms with Gasteiger partial charge in [0.15, 0.2) is 0 Å². The van der Waals surface area contributed by atoms with Gasteiger partial charge in [-0.25, -0.2) is 0 Å². The van der Waals surface area contributed by atoms with Gasteiger partial charge in [0.2, 0.25) is 0 Å². The van der Waals surface area contributed by atoms with Crippen molar-refractivity contribution in [3.63, 3.8) is 0 Å². The van der Waals surface area contributed by atoms with E-state index < -0.39 is 0 Å². The first-order valence-corrected chi connectivity index (χ1v) is 21.5. The number of hydrogen-bond acceptors (Lipinski definition) is 3. The Balaban J connectivity index is 1.05. The van der Waals surface area contributed by atoms with Crippen molar-refractivity contribution in [2.24, 2.45) is 0 Å². The average Bonchev–Trinajstić information content (AvgIpc) is 3.94. The van der Waals surface area contributed by atoms with Crippen molar-refractivity contribution < 1.29 is 4.42 Å². The van der Waals surface area contributed by atoms with Crippen molar-refractivity contribution in [2.75, 3.05) is 4.90 Å². The summed E-state index contributed by atoms with van der Waals surface area (Å²) in [4.78, 5) is 2.39. The lowest BCUT2D eigenvalue weighted by Crippen LogP contribution is -2.16. The first kappa shape index (κ1) is 34.8. The lowest BCUT2D eigenvalue weighted by molar-refractivity contribution is 0.660. The van der Waals surface area contributed by atoms with Gasteiger partial charge in [0.05, 0.1) is 0 Å². The highest BCUT2D eigenvalue weighted by Crippen LogP contribution is 2.52. The monoisotopic (exact) mass is 785 g/mol. The van der Waals surface area contributed by atoms with E-state index in [2.05, 4.69) is 213 Å².